The van der Waals surface area contributed by atoms with Gasteiger partial charge in [-0.15, -0.1) is 0 Å². The van der Waals surface area contributed by atoms with E-state index in [1.165, 1.54) is 19.2 Å². The van der Waals surface area contributed by atoms with Crippen molar-refractivity contribution in [3.8, 4) is 0 Å². The molecular weight excluding hydrogens is 323 g/mol. The first-order chi connectivity index (χ1) is 12.0. The summed E-state index contributed by atoms with van der Waals surface area (Å²) in [6.45, 7) is 2.31. The fourth-order valence-corrected chi connectivity index (χ4v) is 2.61. The van der Waals surface area contributed by atoms with E-state index in [9.17, 15) is 14.0 Å². The van der Waals surface area contributed by atoms with Crippen molar-refractivity contribution in [2.24, 2.45) is 0 Å². The third-order valence-electron chi connectivity index (χ3n) is 4.04. The molecule has 0 atom stereocenters. The molecule has 0 radical (unpaired) electrons. The second-order valence-corrected chi connectivity index (χ2v) is 5.95. The van der Waals surface area contributed by atoms with Crippen LogP contribution < -0.4 is 5.32 Å². The summed E-state index contributed by atoms with van der Waals surface area (Å²) >= 11 is 0. The number of unbranched alkanes of at least 4 members (excludes halogenated alkanes) is 3. The zero-order valence-corrected chi connectivity index (χ0v) is 14.6. The summed E-state index contributed by atoms with van der Waals surface area (Å²) in [6, 6.07) is 6.08. The van der Waals surface area contributed by atoms with Crippen molar-refractivity contribution < 1.29 is 18.7 Å². The molecule has 6 heteroatoms. The number of halogens is 1. The summed E-state index contributed by atoms with van der Waals surface area (Å²) in [5, 5.41) is 3.62. The van der Waals surface area contributed by atoms with Crippen LogP contribution in [0.15, 0.2) is 24.3 Å². The Morgan fingerprint density at radius 3 is 2.68 bits per heavy atom. The summed E-state index contributed by atoms with van der Waals surface area (Å²) in [7, 11) is 1.39. The number of carbonyl (C=O) groups is 2. The fraction of sp³-hybridized carbons (Fsp3) is 0.421. The summed E-state index contributed by atoms with van der Waals surface area (Å²) < 4.78 is 17.8. The van der Waals surface area contributed by atoms with E-state index in [-0.39, 0.29) is 17.7 Å². The van der Waals surface area contributed by atoms with Gasteiger partial charge in [-0.25, -0.2) is 4.39 Å². The summed E-state index contributed by atoms with van der Waals surface area (Å²) in [6.07, 6.45) is 3.94. The number of fused-ring (bicyclic) bond motifs is 1. The molecule has 5 nitrogen and oxygen atoms in total. The first-order valence-corrected chi connectivity index (χ1v) is 8.43. The van der Waals surface area contributed by atoms with Crippen LogP contribution in [-0.4, -0.2) is 30.5 Å². The number of pyridine rings is 1. The molecule has 0 bridgehead atoms. The average molecular weight is 346 g/mol. The summed E-state index contributed by atoms with van der Waals surface area (Å²) in [5.74, 6) is -0.706. The van der Waals surface area contributed by atoms with Gasteiger partial charge in [-0.1, -0.05) is 12.8 Å². The molecule has 0 aliphatic heterocycles. The zero-order chi connectivity index (χ0) is 18.2. The zero-order valence-electron chi connectivity index (χ0n) is 14.6. The number of carbonyl (C=O) groups excluding carboxylic acids is 2. The van der Waals surface area contributed by atoms with Crippen LogP contribution in [0.2, 0.25) is 0 Å². The van der Waals surface area contributed by atoms with E-state index in [0.29, 0.717) is 29.7 Å². The molecule has 0 saturated carbocycles. The van der Waals surface area contributed by atoms with Crippen molar-refractivity contribution in [1.82, 2.24) is 10.3 Å². The monoisotopic (exact) mass is 346 g/mol. The Hall–Kier alpha value is -2.50. The molecule has 1 heterocycles. The first kappa shape index (κ1) is 18.8. The predicted octanol–water partition coefficient (Wildman–Crippen LogP) is 3.54. The number of nitrogens with one attached hydrogen (secondary N) is 1. The minimum absolute atomic E-state index is 0.175. The van der Waals surface area contributed by atoms with Gasteiger partial charge in [0, 0.05) is 24.4 Å². The number of ether oxygens (including phenoxy) is 1. The minimum atomic E-state index is -0.344. The second kappa shape index (κ2) is 9.11. The SMILES string of the molecule is COC(=O)CCCCCCNC(=O)c1cc2ccc(F)cc2nc1C. The lowest BCUT2D eigenvalue weighted by molar-refractivity contribution is -0.140. The number of nitrogens with zero attached hydrogens (tertiary/aromatic N) is 1. The Kier molecular flexibility index (Phi) is 6.86. The fourth-order valence-electron chi connectivity index (χ4n) is 2.61. The Balaban J connectivity index is 1.81. The predicted molar refractivity (Wildman–Crippen MR) is 93.9 cm³/mol. The Morgan fingerprint density at radius 1 is 1.16 bits per heavy atom. The number of rotatable bonds is 8. The highest BCUT2D eigenvalue weighted by Gasteiger charge is 2.11. The van der Waals surface area contributed by atoms with E-state index in [1.54, 1.807) is 19.1 Å². The average Bonchev–Trinajstić information content (AvgIpc) is 2.59. The van der Waals surface area contributed by atoms with Gasteiger partial charge in [-0.2, -0.15) is 0 Å². The molecule has 1 amide bonds. The van der Waals surface area contributed by atoms with Gasteiger partial charge in [0.15, 0.2) is 0 Å². The second-order valence-electron chi connectivity index (χ2n) is 5.95. The van der Waals surface area contributed by atoms with E-state index in [1.807, 2.05) is 0 Å². The molecule has 0 spiro atoms. The molecule has 0 fully saturated rings. The number of aryl methyl sites for hydroxylation is 1. The third kappa shape index (κ3) is 5.52. The van der Waals surface area contributed by atoms with Gasteiger partial charge in [-0.05, 0) is 38.0 Å². The van der Waals surface area contributed by atoms with Crippen LogP contribution in [0.4, 0.5) is 4.39 Å². The van der Waals surface area contributed by atoms with Crippen LogP contribution in [0.25, 0.3) is 10.9 Å². The maximum Gasteiger partial charge on any atom is 0.305 e. The molecule has 0 aliphatic carbocycles. The summed E-state index contributed by atoms with van der Waals surface area (Å²) in [4.78, 5) is 27.6. The lowest BCUT2D eigenvalue weighted by Crippen LogP contribution is -2.25. The van der Waals surface area contributed by atoms with Gasteiger partial charge < -0.3 is 10.1 Å². The number of esters is 1. The quantitative estimate of drug-likeness (QED) is 0.586. The van der Waals surface area contributed by atoms with Crippen molar-refractivity contribution in [2.45, 2.75) is 39.0 Å². The minimum Gasteiger partial charge on any atom is -0.469 e. The summed E-state index contributed by atoms with van der Waals surface area (Å²) in [5.41, 5.74) is 1.62. The molecule has 2 aromatic rings. The molecule has 1 N–H and O–H groups in total. The highest BCUT2D eigenvalue weighted by Crippen LogP contribution is 2.17. The van der Waals surface area contributed by atoms with Crippen LogP contribution in [0, 0.1) is 12.7 Å². The van der Waals surface area contributed by atoms with Gasteiger partial charge in [0.05, 0.1) is 23.9 Å². The Bertz CT molecular complexity index is 762. The highest BCUT2D eigenvalue weighted by atomic mass is 19.1. The molecular formula is C19H23FN2O3. The van der Waals surface area contributed by atoms with E-state index in [4.69, 9.17) is 0 Å². The Labute approximate surface area is 146 Å². The normalized spacial score (nSPS) is 10.7. The Morgan fingerprint density at radius 2 is 1.92 bits per heavy atom. The number of hydrogen-bond acceptors (Lipinski definition) is 4. The van der Waals surface area contributed by atoms with Gasteiger partial charge >= 0.3 is 5.97 Å². The topological polar surface area (TPSA) is 68.3 Å². The molecule has 1 aromatic carbocycles. The van der Waals surface area contributed by atoms with E-state index >= 15 is 0 Å². The van der Waals surface area contributed by atoms with Gasteiger partial charge in [0.25, 0.3) is 5.91 Å². The maximum absolute atomic E-state index is 13.2. The number of benzene rings is 1. The number of hydrogen-bond donors (Lipinski definition) is 1. The standard InChI is InChI=1S/C19H23FN2O3/c1-13-16(11-14-8-9-15(20)12-17(14)22-13)19(24)21-10-6-4-3-5-7-18(23)25-2/h8-9,11-12H,3-7,10H2,1-2H3,(H,21,24). The maximum atomic E-state index is 13.2. The van der Waals surface area contributed by atoms with Gasteiger partial charge in [0.1, 0.15) is 5.82 Å². The van der Waals surface area contributed by atoms with Crippen molar-refractivity contribution in [2.75, 3.05) is 13.7 Å². The van der Waals surface area contributed by atoms with Gasteiger partial charge in [-0.3, -0.25) is 14.6 Å². The van der Waals surface area contributed by atoms with Crippen molar-refractivity contribution >= 4 is 22.8 Å². The van der Waals surface area contributed by atoms with Crippen LogP contribution >= 0.6 is 0 Å². The first-order valence-electron chi connectivity index (χ1n) is 8.43. The van der Waals surface area contributed by atoms with Crippen LogP contribution in [0.5, 0.6) is 0 Å². The highest BCUT2D eigenvalue weighted by molar-refractivity contribution is 5.98. The molecule has 0 saturated heterocycles. The lowest BCUT2D eigenvalue weighted by Gasteiger charge is -2.09. The van der Waals surface area contributed by atoms with Crippen molar-refractivity contribution in [1.29, 1.82) is 0 Å². The molecule has 0 aliphatic rings. The molecule has 1 aromatic heterocycles. The largest absolute Gasteiger partial charge is 0.469 e. The number of amides is 1. The van der Waals surface area contributed by atoms with Crippen LogP contribution in [-0.2, 0) is 9.53 Å². The number of methoxy groups -OCH3 is 1. The third-order valence-corrected chi connectivity index (χ3v) is 4.04. The van der Waals surface area contributed by atoms with Crippen LogP contribution in [0.3, 0.4) is 0 Å². The van der Waals surface area contributed by atoms with Gasteiger partial charge in [0.2, 0.25) is 0 Å². The molecule has 2 rings (SSSR count). The van der Waals surface area contributed by atoms with Crippen LogP contribution in [0.1, 0.15) is 48.2 Å². The molecule has 134 valence electrons. The molecule has 0 unspecified atom stereocenters. The van der Waals surface area contributed by atoms with Crippen molar-refractivity contribution in [3.63, 3.8) is 0 Å². The van der Waals surface area contributed by atoms with E-state index in [0.717, 1.165) is 31.1 Å². The lowest BCUT2D eigenvalue weighted by atomic mass is 10.1. The smallest absolute Gasteiger partial charge is 0.305 e. The van der Waals surface area contributed by atoms with E-state index < -0.39 is 0 Å². The molecule has 25 heavy (non-hydrogen) atoms. The van der Waals surface area contributed by atoms with Crippen molar-refractivity contribution in [3.05, 3.63) is 41.3 Å². The number of aromatic nitrogens is 1. The van der Waals surface area contributed by atoms with E-state index in [2.05, 4.69) is 15.0 Å².